The highest BCUT2D eigenvalue weighted by molar-refractivity contribution is 5.17. The number of nitrogens with two attached hydrogens (primary N) is 1. The second kappa shape index (κ2) is 4.51. The van der Waals surface area contributed by atoms with Crippen LogP contribution in [-0.4, -0.2) is 4.98 Å². The number of rotatable bonds is 3. The van der Waals surface area contributed by atoms with Crippen molar-refractivity contribution >= 4 is 0 Å². The molecule has 0 radical (unpaired) electrons. The molecule has 0 saturated heterocycles. The summed E-state index contributed by atoms with van der Waals surface area (Å²) in [7, 11) is 0. The number of aromatic nitrogens is 1. The van der Waals surface area contributed by atoms with E-state index in [9.17, 15) is 4.39 Å². The lowest BCUT2D eigenvalue weighted by Crippen LogP contribution is -2.24. The molecule has 2 unspecified atom stereocenters. The van der Waals surface area contributed by atoms with Crippen molar-refractivity contribution in [1.29, 1.82) is 0 Å². The molecule has 3 heteroatoms. The first kappa shape index (κ1) is 11.1. The molecule has 78 valence electrons. The highest BCUT2D eigenvalue weighted by atomic mass is 19.1. The Bertz CT molecular complexity index is 299. The number of pyridine rings is 1. The van der Waals surface area contributed by atoms with Gasteiger partial charge in [-0.1, -0.05) is 20.8 Å². The third-order valence-electron chi connectivity index (χ3n) is 2.78. The van der Waals surface area contributed by atoms with Gasteiger partial charge in [0, 0.05) is 17.8 Å². The topological polar surface area (TPSA) is 38.9 Å². The lowest BCUT2D eigenvalue weighted by Gasteiger charge is -2.23. The molecule has 0 amide bonds. The van der Waals surface area contributed by atoms with Crippen molar-refractivity contribution in [3.8, 4) is 0 Å². The van der Waals surface area contributed by atoms with Crippen LogP contribution in [-0.2, 0) is 0 Å². The molecule has 0 saturated carbocycles. The van der Waals surface area contributed by atoms with Gasteiger partial charge in [-0.2, -0.15) is 0 Å². The minimum Gasteiger partial charge on any atom is -0.324 e. The highest BCUT2D eigenvalue weighted by Crippen LogP contribution is 2.26. The molecule has 1 aromatic rings. The Morgan fingerprint density at radius 1 is 1.36 bits per heavy atom. The third kappa shape index (κ3) is 2.29. The molecular formula is C11H17FN2. The number of hydrogen-bond donors (Lipinski definition) is 1. The Balaban J connectivity index is 2.89. The molecule has 0 bridgehead atoms. The molecule has 0 aliphatic carbocycles. The standard InChI is InChI=1S/C11H17FN2/c1-7(2)8(3)11(13)9-4-5-14-6-10(9)12/h4-8,11H,13H2,1-3H3. The lowest BCUT2D eigenvalue weighted by atomic mass is 9.87. The predicted molar refractivity (Wildman–Crippen MR) is 55.1 cm³/mol. The van der Waals surface area contributed by atoms with E-state index < -0.39 is 0 Å². The first-order valence-electron chi connectivity index (χ1n) is 4.89. The number of halogens is 1. The van der Waals surface area contributed by atoms with Gasteiger partial charge in [0.2, 0.25) is 0 Å². The summed E-state index contributed by atoms with van der Waals surface area (Å²) >= 11 is 0. The molecule has 0 aromatic carbocycles. The van der Waals surface area contributed by atoms with Crippen molar-refractivity contribution in [2.45, 2.75) is 26.8 Å². The first-order chi connectivity index (χ1) is 6.54. The smallest absolute Gasteiger partial charge is 0.146 e. The summed E-state index contributed by atoms with van der Waals surface area (Å²) in [5.74, 6) is 0.386. The van der Waals surface area contributed by atoms with Gasteiger partial charge < -0.3 is 5.73 Å². The Hall–Kier alpha value is -0.960. The van der Waals surface area contributed by atoms with E-state index in [-0.39, 0.29) is 17.8 Å². The zero-order valence-electron chi connectivity index (χ0n) is 8.87. The molecule has 2 nitrogen and oxygen atoms in total. The van der Waals surface area contributed by atoms with Gasteiger partial charge in [0.25, 0.3) is 0 Å². The van der Waals surface area contributed by atoms with Gasteiger partial charge in [-0.05, 0) is 17.9 Å². The maximum absolute atomic E-state index is 13.3. The minimum atomic E-state index is -0.312. The van der Waals surface area contributed by atoms with Crippen molar-refractivity contribution in [2.24, 2.45) is 17.6 Å². The van der Waals surface area contributed by atoms with Gasteiger partial charge in [-0.25, -0.2) is 4.39 Å². The van der Waals surface area contributed by atoms with Crippen LogP contribution in [0, 0.1) is 17.7 Å². The van der Waals surface area contributed by atoms with Crippen molar-refractivity contribution in [1.82, 2.24) is 4.98 Å². The SMILES string of the molecule is CC(C)C(C)C(N)c1ccncc1F. The summed E-state index contributed by atoms with van der Waals surface area (Å²) in [6, 6.07) is 1.40. The van der Waals surface area contributed by atoms with Gasteiger partial charge in [0.05, 0.1) is 6.20 Å². The van der Waals surface area contributed by atoms with Crippen LogP contribution in [0.15, 0.2) is 18.5 Å². The minimum absolute atomic E-state index is 0.252. The van der Waals surface area contributed by atoms with Crippen molar-refractivity contribution in [3.05, 3.63) is 29.8 Å². The number of hydrogen-bond acceptors (Lipinski definition) is 2. The normalized spacial score (nSPS) is 15.6. The molecular weight excluding hydrogens is 179 g/mol. The zero-order valence-corrected chi connectivity index (χ0v) is 8.87. The van der Waals surface area contributed by atoms with E-state index in [1.807, 2.05) is 6.92 Å². The first-order valence-corrected chi connectivity index (χ1v) is 4.89. The van der Waals surface area contributed by atoms with Gasteiger partial charge in [0.1, 0.15) is 5.82 Å². The van der Waals surface area contributed by atoms with E-state index in [2.05, 4.69) is 18.8 Å². The van der Waals surface area contributed by atoms with Gasteiger partial charge in [-0.3, -0.25) is 4.98 Å². The Morgan fingerprint density at radius 2 is 2.00 bits per heavy atom. The van der Waals surface area contributed by atoms with Crippen molar-refractivity contribution in [3.63, 3.8) is 0 Å². The van der Waals surface area contributed by atoms with Crippen LogP contribution in [0.25, 0.3) is 0 Å². The molecule has 0 spiro atoms. The summed E-state index contributed by atoms with van der Waals surface area (Å²) in [6.07, 6.45) is 2.79. The second-order valence-corrected chi connectivity index (χ2v) is 4.03. The van der Waals surface area contributed by atoms with Gasteiger partial charge >= 0.3 is 0 Å². The van der Waals surface area contributed by atoms with Gasteiger partial charge in [-0.15, -0.1) is 0 Å². The monoisotopic (exact) mass is 196 g/mol. The van der Waals surface area contributed by atoms with Crippen LogP contribution in [0.1, 0.15) is 32.4 Å². The Labute approximate surface area is 84.3 Å². The van der Waals surface area contributed by atoms with E-state index >= 15 is 0 Å². The average molecular weight is 196 g/mol. The molecule has 14 heavy (non-hydrogen) atoms. The summed E-state index contributed by atoms with van der Waals surface area (Å²) in [5.41, 5.74) is 6.53. The lowest BCUT2D eigenvalue weighted by molar-refractivity contribution is 0.345. The fourth-order valence-electron chi connectivity index (χ4n) is 1.35. The van der Waals surface area contributed by atoms with Crippen LogP contribution >= 0.6 is 0 Å². The van der Waals surface area contributed by atoms with E-state index in [1.54, 1.807) is 12.3 Å². The molecule has 0 aliphatic heterocycles. The molecule has 1 aromatic heterocycles. The summed E-state index contributed by atoms with van der Waals surface area (Å²) < 4.78 is 13.3. The Morgan fingerprint density at radius 3 is 2.50 bits per heavy atom. The van der Waals surface area contributed by atoms with E-state index in [0.29, 0.717) is 11.5 Å². The number of nitrogens with zero attached hydrogens (tertiary/aromatic N) is 1. The molecule has 2 N–H and O–H groups in total. The van der Waals surface area contributed by atoms with Crippen molar-refractivity contribution < 1.29 is 4.39 Å². The predicted octanol–water partition coefficient (Wildman–Crippen LogP) is 2.51. The highest BCUT2D eigenvalue weighted by Gasteiger charge is 2.20. The molecule has 0 aliphatic rings. The third-order valence-corrected chi connectivity index (χ3v) is 2.78. The van der Waals surface area contributed by atoms with Crippen LogP contribution < -0.4 is 5.73 Å². The fraction of sp³-hybridized carbons (Fsp3) is 0.545. The van der Waals surface area contributed by atoms with Crippen LogP contribution in [0.3, 0.4) is 0 Å². The van der Waals surface area contributed by atoms with Crippen LogP contribution in [0.2, 0.25) is 0 Å². The summed E-state index contributed by atoms with van der Waals surface area (Å²) in [6.45, 7) is 6.21. The van der Waals surface area contributed by atoms with E-state index in [1.165, 1.54) is 6.20 Å². The van der Waals surface area contributed by atoms with E-state index in [4.69, 9.17) is 5.73 Å². The van der Waals surface area contributed by atoms with E-state index in [0.717, 1.165) is 0 Å². The largest absolute Gasteiger partial charge is 0.324 e. The zero-order chi connectivity index (χ0) is 10.7. The second-order valence-electron chi connectivity index (χ2n) is 4.03. The van der Waals surface area contributed by atoms with Gasteiger partial charge in [0.15, 0.2) is 0 Å². The fourth-order valence-corrected chi connectivity index (χ4v) is 1.35. The molecule has 1 rings (SSSR count). The molecule has 2 atom stereocenters. The van der Waals surface area contributed by atoms with Crippen LogP contribution in [0.5, 0.6) is 0 Å². The average Bonchev–Trinajstić information content (AvgIpc) is 2.16. The quantitative estimate of drug-likeness (QED) is 0.806. The summed E-state index contributed by atoms with van der Waals surface area (Å²) in [5, 5.41) is 0. The maximum atomic E-state index is 13.3. The summed E-state index contributed by atoms with van der Waals surface area (Å²) in [4.78, 5) is 3.70. The van der Waals surface area contributed by atoms with Crippen molar-refractivity contribution in [2.75, 3.05) is 0 Å². The van der Waals surface area contributed by atoms with Crippen LogP contribution in [0.4, 0.5) is 4.39 Å². The molecule has 1 heterocycles. The molecule has 0 fully saturated rings. The maximum Gasteiger partial charge on any atom is 0.146 e. The Kier molecular flexibility index (Phi) is 3.58.